The Bertz CT molecular complexity index is 1350. The fourth-order valence-electron chi connectivity index (χ4n) is 3.18. The van der Waals surface area contributed by atoms with Gasteiger partial charge in [0.2, 0.25) is 0 Å². The van der Waals surface area contributed by atoms with E-state index in [0.29, 0.717) is 27.0 Å². The van der Waals surface area contributed by atoms with Crippen molar-refractivity contribution >= 4 is 51.2 Å². The van der Waals surface area contributed by atoms with Crippen molar-refractivity contribution in [2.45, 2.75) is 11.6 Å². The van der Waals surface area contributed by atoms with Gasteiger partial charge in [0.05, 0.1) is 24.4 Å². The maximum Gasteiger partial charge on any atom is 0.260 e. The molecule has 0 atom stereocenters. The molecule has 33 heavy (non-hydrogen) atoms. The highest BCUT2D eigenvalue weighted by atomic mass is 32.2. The molecule has 0 radical (unpaired) electrons. The topological polar surface area (TPSA) is 91.5 Å². The average molecular weight is 474 g/mol. The van der Waals surface area contributed by atoms with Crippen LogP contribution >= 0.6 is 23.1 Å². The van der Waals surface area contributed by atoms with Crippen LogP contribution in [0.15, 0.2) is 71.2 Å². The highest BCUT2D eigenvalue weighted by Crippen LogP contribution is 2.30. The van der Waals surface area contributed by atoms with E-state index in [0.717, 1.165) is 22.6 Å². The second-order valence-corrected chi connectivity index (χ2v) is 8.52. The number of pyridine rings is 1. The van der Waals surface area contributed by atoms with Crippen LogP contribution < -0.4 is 10.6 Å². The number of aliphatic hydroxyl groups excluding tert-OH is 1. The number of amides is 1. The zero-order chi connectivity index (χ0) is 23.2. The van der Waals surface area contributed by atoms with Crippen LogP contribution in [0.4, 0.5) is 22.2 Å². The monoisotopic (exact) mass is 473 g/mol. The molecular weight excluding hydrogens is 454 g/mol. The normalized spacial score (nSPS) is 10.5. The van der Waals surface area contributed by atoms with Crippen molar-refractivity contribution in [2.24, 2.45) is 0 Å². The summed E-state index contributed by atoms with van der Waals surface area (Å²) in [6, 6.07) is 16.5. The minimum absolute atomic E-state index is 0.196. The largest absolute Gasteiger partial charge is 0.393 e. The van der Waals surface area contributed by atoms with Gasteiger partial charge in [-0.2, -0.15) is 0 Å². The van der Waals surface area contributed by atoms with E-state index in [4.69, 9.17) is 6.57 Å². The van der Waals surface area contributed by atoms with Crippen LogP contribution in [0, 0.1) is 6.57 Å². The molecule has 2 heterocycles. The lowest BCUT2D eigenvalue weighted by atomic mass is 10.1. The van der Waals surface area contributed by atoms with E-state index >= 15 is 0 Å². The molecule has 0 saturated heterocycles. The summed E-state index contributed by atoms with van der Waals surface area (Å²) < 4.78 is 0. The van der Waals surface area contributed by atoms with Crippen molar-refractivity contribution in [1.29, 1.82) is 0 Å². The van der Waals surface area contributed by atoms with Gasteiger partial charge in [0.25, 0.3) is 5.91 Å². The molecule has 4 aromatic rings. The molecule has 0 saturated carbocycles. The van der Waals surface area contributed by atoms with Gasteiger partial charge in [0.1, 0.15) is 5.03 Å². The molecule has 1 amide bonds. The number of hydrogen-bond acceptors (Lipinski definition) is 7. The van der Waals surface area contributed by atoms with Gasteiger partial charge >= 0.3 is 0 Å². The van der Waals surface area contributed by atoms with Crippen LogP contribution in [0.1, 0.15) is 15.9 Å². The number of rotatable bonds is 7. The molecule has 164 valence electrons. The number of thiazole rings is 1. The molecule has 0 aliphatic rings. The Balaban J connectivity index is 1.51. The van der Waals surface area contributed by atoms with Gasteiger partial charge in [0, 0.05) is 28.5 Å². The van der Waals surface area contributed by atoms with Crippen molar-refractivity contribution in [1.82, 2.24) is 9.97 Å². The lowest BCUT2D eigenvalue weighted by Gasteiger charge is -2.10. The van der Waals surface area contributed by atoms with Gasteiger partial charge < -0.3 is 10.4 Å². The Morgan fingerprint density at radius 2 is 2.03 bits per heavy atom. The third-order valence-corrected chi connectivity index (χ3v) is 6.22. The summed E-state index contributed by atoms with van der Waals surface area (Å²) in [7, 11) is 0. The third-order valence-electron chi connectivity index (χ3n) is 4.75. The Morgan fingerprint density at radius 1 is 1.18 bits per heavy atom. The molecule has 7 nitrogen and oxygen atoms in total. The molecule has 2 aromatic heterocycles. The highest BCUT2D eigenvalue weighted by Gasteiger charge is 2.14. The van der Waals surface area contributed by atoms with E-state index in [2.05, 4.69) is 25.4 Å². The lowest BCUT2D eigenvalue weighted by Crippen LogP contribution is -2.13. The van der Waals surface area contributed by atoms with Crippen LogP contribution in [0.25, 0.3) is 16.1 Å². The van der Waals surface area contributed by atoms with Gasteiger partial charge in [-0.3, -0.25) is 10.1 Å². The average Bonchev–Trinajstić information content (AvgIpc) is 3.32. The predicted molar refractivity (Wildman–Crippen MR) is 133 cm³/mol. The molecule has 0 bridgehead atoms. The lowest BCUT2D eigenvalue weighted by molar-refractivity contribution is 0.102. The van der Waals surface area contributed by atoms with E-state index in [9.17, 15) is 9.90 Å². The first kappa shape index (κ1) is 22.5. The zero-order valence-corrected chi connectivity index (χ0v) is 19.2. The van der Waals surface area contributed by atoms with Gasteiger partial charge in [-0.15, -0.1) is 23.1 Å². The summed E-state index contributed by atoms with van der Waals surface area (Å²) in [6.45, 7) is 6.98. The number of thioether (sulfide) groups is 1. The van der Waals surface area contributed by atoms with E-state index in [1.807, 2.05) is 35.9 Å². The summed E-state index contributed by atoms with van der Waals surface area (Å²) in [5, 5.41) is 18.7. The van der Waals surface area contributed by atoms with E-state index in [1.165, 1.54) is 23.1 Å². The number of nitrogens with zero attached hydrogens (tertiary/aromatic N) is 3. The quantitative estimate of drug-likeness (QED) is 0.226. The first-order chi connectivity index (χ1) is 16.1. The second kappa shape index (κ2) is 10.3. The summed E-state index contributed by atoms with van der Waals surface area (Å²) in [5.74, 6) is -0.244. The number of aromatic nitrogens is 2. The summed E-state index contributed by atoms with van der Waals surface area (Å²) >= 11 is 2.77. The van der Waals surface area contributed by atoms with Crippen molar-refractivity contribution in [2.75, 3.05) is 16.9 Å². The van der Waals surface area contributed by atoms with Crippen molar-refractivity contribution in [3.8, 4) is 11.3 Å². The molecule has 0 unspecified atom stereocenters. The van der Waals surface area contributed by atoms with Crippen molar-refractivity contribution in [3.63, 3.8) is 0 Å². The maximum absolute atomic E-state index is 12.7. The zero-order valence-electron chi connectivity index (χ0n) is 17.6. The van der Waals surface area contributed by atoms with E-state index in [1.54, 1.807) is 36.5 Å². The Morgan fingerprint density at radius 3 is 2.82 bits per heavy atom. The number of hydrogen-bond donors (Lipinski definition) is 3. The number of carbonyl (C=O) groups is 1. The Hall–Kier alpha value is -3.71. The van der Waals surface area contributed by atoms with Crippen LogP contribution in [-0.2, 0) is 6.61 Å². The van der Waals surface area contributed by atoms with Crippen molar-refractivity contribution in [3.05, 3.63) is 88.7 Å². The number of anilines is 3. The summed E-state index contributed by atoms with van der Waals surface area (Å²) in [5.41, 5.74) is 4.77. The van der Waals surface area contributed by atoms with E-state index < -0.39 is 0 Å². The number of benzene rings is 2. The summed E-state index contributed by atoms with van der Waals surface area (Å²) in [6.07, 6.45) is 3.54. The Labute approximate surface area is 199 Å². The number of carbonyl (C=O) groups excluding carboxylic acids is 1. The SMILES string of the molecule is [C-]#[N+]c1ccc(Nc2cccc(-c3csc(NC(=O)c4cccnc4SC)n3)c2)cc1CO. The van der Waals surface area contributed by atoms with Gasteiger partial charge in [-0.25, -0.2) is 14.8 Å². The molecule has 2 aromatic carbocycles. The van der Waals surface area contributed by atoms with E-state index in [-0.39, 0.29) is 12.5 Å². The third kappa shape index (κ3) is 5.21. The maximum atomic E-state index is 12.7. The first-order valence-corrected chi connectivity index (χ1v) is 12.0. The summed E-state index contributed by atoms with van der Waals surface area (Å²) in [4.78, 5) is 24.9. The molecule has 0 spiro atoms. The van der Waals surface area contributed by atoms with Gasteiger partial charge in [-0.1, -0.05) is 18.2 Å². The second-order valence-electron chi connectivity index (χ2n) is 6.87. The molecule has 4 rings (SSSR count). The van der Waals surface area contributed by atoms with Gasteiger partial charge in [-0.05, 0) is 48.2 Å². The van der Waals surface area contributed by atoms with Crippen LogP contribution in [0.3, 0.4) is 0 Å². The molecule has 0 fully saturated rings. The minimum Gasteiger partial charge on any atom is -0.393 e. The highest BCUT2D eigenvalue weighted by molar-refractivity contribution is 7.98. The predicted octanol–water partition coefficient (Wildman–Crippen LogP) is 5.97. The van der Waals surface area contributed by atoms with Crippen LogP contribution in [0.2, 0.25) is 0 Å². The molecule has 3 N–H and O–H groups in total. The standard InChI is InChI=1S/C24H19N5O2S2/c1-25-20-9-8-18(12-16(20)13-30)27-17-6-3-5-15(11-17)21-14-33-24(28-21)29-22(31)19-7-4-10-26-23(19)32-2/h3-12,14,27,30H,13H2,2H3,(H,28,29,31). The number of aliphatic hydroxyl groups is 1. The Kier molecular flexibility index (Phi) is 7.00. The van der Waals surface area contributed by atoms with Crippen LogP contribution in [-0.4, -0.2) is 27.2 Å². The van der Waals surface area contributed by atoms with Crippen molar-refractivity contribution < 1.29 is 9.90 Å². The van der Waals surface area contributed by atoms with Crippen LogP contribution in [0.5, 0.6) is 0 Å². The fraction of sp³-hybridized carbons (Fsp3) is 0.0833. The molecule has 0 aliphatic carbocycles. The molecule has 9 heteroatoms. The minimum atomic E-state index is -0.244. The number of nitrogens with one attached hydrogen (secondary N) is 2. The molecule has 0 aliphatic heterocycles. The van der Waals surface area contributed by atoms with Gasteiger partial charge in [0.15, 0.2) is 10.8 Å². The first-order valence-electron chi connectivity index (χ1n) is 9.86. The molecular formula is C24H19N5O2S2. The smallest absolute Gasteiger partial charge is 0.260 e. The fourth-order valence-corrected chi connectivity index (χ4v) is 4.44.